The summed E-state index contributed by atoms with van der Waals surface area (Å²) in [6.45, 7) is 8.53. The molecule has 100 valence electrons. The molecule has 0 radical (unpaired) electrons. The molecule has 18 heavy (non-hydrogen) atoms. The van der Waals surface area contributed by atoms with Crippen molar-refractivity contribution in [2.75, 3.05) is 18.0 Å². The average Bonchev–Trinajstić information content (AvgIpc) is 2.27. The normalized spacial score (nSPS) is 26.2. The Morgan fingerprint density at radius 3 is 2.44 bits per heavy atom. The van der Waals surface area contributed by atoms with E-state index in [2.05, 4.69) is 52.5 Å². The highest BCUT2D eigenvalue weighted by molar-refractivity contribution is 9.10. The van der Waals surface area contributed by atoms with Crippen molar-refractivity contribution in [3.05, 3.63) is 28.2 Å². The van der Waals surface area contributed by atoms with Crippen molar-refractivity contribution < 1.29 is 5.11 Å². The van der Waals surface area contributed by atoms with Crippen LogP contribution in [0.3, 0.4) is 0 Å². The molecule has 4 heteroatoms. The van der Waals surface area contributed by atoms with Gasteiger partial charge in [0.2, 0.25) is 0 Å². The number of nitrogens with zero attached hydrogens (tertiary/aromatic N) is 1. The quantitative estimate of drug-likeness (QED) is 0.891. The van der Waals surface area contributed by atoms with Gasteiger partial charge in [0.05, 0.1) is 11.8 Å². The van der Waals surface area contributed by atoms with E-state index in [0.717, 1.165) is 23.1 Å². The maximum Gasteiger partial charge on any atom is 0.0762 e. The van der Waals surface area contributed by atoms with Gasteiger partial charge in [0.25, 0.3) is 0 Å². The van der Waals surface area contributed by atoms with E-state index in [0.29, 0.717) is 10.5 Å². The van der Waals surface area contributed by atoms with Crippen LogP contribution in [0.25, 0.3) is 0 Å². The Morgan fingerprint density at radius 2 is 1.94 bits per heavy atom. The van der Waals surface area contributed by atoms with E-state index in [1.54, 1.807) is 6.92 Å². The number of halogens is 1. The molecule has 2 rings (SSSR count). The molecule has 0 spiro atoms. The lowest BCUT2D eigenvalue weighted by Gasteiger charge is -2.36. The molecule has 1 N–H and O–H groups in total. The van der Waals surface area contributed by atoms with Crippen molar-refractivity contribution in [2.45, 2.75) is 37.4 Å². The average molecular weight is 330 g/mol. The van der Waals surface area contributed by atoms with Gasteiger partial charge in [-0.25, -0.2) is 0 Å². The second-order valence-corrected chi connectivity index (χ2v) is 7.79. The van der Waals surface area contributed by atoms with Crippen LogP contribution in [0.1, 0.15) is 32.4 Å². The van der Waals surface area contributed by atoms with E-state index in [1.165, 1.54) is 5.69 Å². The number of hydrogen-bond donors (Lipinski definition) is 1. The molecule has 2 nitrogen and oxygen atoms in total. The lowest BCUT2D eigenvalue weighted by atomic mass is 10.1. The van der Waals surface area contributed by atoms with Crippen LogP contribution in [-0.2, 0) is 0 Å². The zero-order chi connectivity index (χ0) is 13.3. The molecule has 1 fully saturated rings. The summed E-state index contributed by atoms with van der Waals surface area (Å²) < 4.78 is 1.08. The fourth-order valence-corrected chi connectivity index (χ4v) is 4.39. The summed E-state index contributed by atoms with van der Waals surface area (Å²) in [7, 11) is 0. The van der Waals surface area contributed by atoms with Gasteiger partial charge in [0.15, 0.2) is 0 Å². The number of aliphatic hydroxyl groups is 1. The molecule has 1 aliphatic heterocycles. The SMILES string of the molecule is CC1CN(c2ccc(C(C)O)cc2Br)CC(C)S1. The predicted octanol–water partition coefficient (Wildman–Crippen LogP) is 3.83. The minimum Gasteiger partial charge on any atom is -0.389 e. The molecular formula is C14H20BrNOS. The Bertz CT molecular complexity index is 414. The first-order valence-corrected chi connectivity index (χ1v) is 8.09. The fraction of sp³-hybridized carbons (Fsp3) is 0.571. The summed E-state index contributed by atoms with van der Waals surface area (Å²) >= 11 is 5.69. The Kier molecular flexibility index (Phi) is 4.62. The van der Waals surface area contributed by atoms with Crippen molar-refractivity contribution in [1.82, 2.24) is 0 Å². The Balaban J connectivity index is 2.22. The number of anilines is 1. The maximum atomic E-state index is 9.60. The summed E-state index contributed by atoms with van der Waals surface area (Å²) in [6, 6.07) is 6.15. The van der Waals surface area contributed by atoms with Gasteiger partial charge in [0, 0.05) is 28.1 Å². The molecule has 3 atom stereocenters. The molecule has 1 heterocycles. The number of thioether (sulfide) groups is 1. The van der Waals surface area contributed by atoms with Crippen LogP contribution in [0, 0.1) is 0 Å². The van der Waals surface area contributed by atoms with Crippen LogP contribution in [0.15, 0.2) is 22.7 Å². The Hall–Kier alpha value is -0.190. The third-order valence-electron chi connectivity index (χ3n) is 3.21. The summed E-state index contributed by atoms with van der Waals surface area (Å²) in [4.78, 5) is 2.43. The van der Waals surface area contributed by atoms with E-state index < -0.39 is 6.10 Å². The molecule has 0 saturated carbocycles. The van der Waals surface area contributed by atoms with Gasteiger partial charge in [-0.2, -0.15) is 11.8 Å². The van der Waals surface area contributed by atoms with E-state index in [-0.39, 0.29) is 0 Å². The minimum absolute atomic E-state index is 0.412. The summed E-state index contributed by atoms with van der Waals surface area (Å²) in [5.41, 5.74) is 2.19. The molecule has 1 aliphatic rings. The van der Waals surface area contributed by atoms with Crippen LogP contribution in [0.4, 0.5) is 5.69 Å². The molecule has 0 aliphatic carbocycles. The number of aliphatic hydroxyl groups excluding tert-OH is 1. The lowest BCUT2D eigenvalue weighted by molar-refractivity contribution is 0.199. The number of rotatable bonds is 2. The van der Waals surface area contributed by atoms with Crippen molar-refractivity contribution in [3.63, 3.8) is 0 Å². The molecule has 1 aromatic rings. The highest BCUT2D eigenvalue weighted by atomic mass is 79.9. The molecule has 0 amide bonds. The first-order chi connectivity index (χ1) is 8.47. The standard InChI is InChI=1S/C14H20BrNOS/c1-9-7-16(8-10(2)18-9)14-5-4-12(11(3)17)6-13(14)15/h4-6,9-11,17H,7-8H2,1-3H3. The van der Waals surface area contributed by atoms with E-state index >= 15 is 0 Å². The predicted molar refractivity (Wildman–Crippen MR) is 83.5 cm³/mol. The van der Waals surface area contributed by atoms with E-state index in [1.807, 2.05) is 12.1 Å². The zero-order valence-electron chi connectivity index (χ0n) is 11.1. The lowest BCUT2D eigenvalue weighted by Crippen LogP contribution is -2.40. The van der Waals surface area contributed by atoms with E-state index in [9.17, 15) is 5.11 Å². The molecule has 1 aromatic carbocycles. The first kappa shape index (κ1) is 14.2. The Labute approximate surface area is 122 Å². The minimum atomic E-state index is -0.412. The van der Waals surface area contributed by atoms with Crippen molar-refractivity contribution in [3.8, 4) is 0 Å². The third-order valence-corrected chi connectivity index (χ3v) is 5.08. The number of hydrogen-bond acceptors (Lipinski definition) is 3. The molecule has 0 bridgehead atoms. The van der Waals surface area contributed by atoms with Gasteiger partial charge in [0.1, 0.15) is 0 Å². The van der Waals surface area contributed by atoms with Crippen molar-refractivity contribution >= 4 is 33.4 Å². The summed E-state index contributed by atoms with van der Waals surface area (Å²) in [5.74, 6) is 0. The topological polar surface area (TPSA) is 23.5 Å². The molecule has 1 saturated heterocycles. The van der Waals surface area contributed by atoms with Crippen LogP contribution in [-0.4, -0.2) is 28.7 Å². The molecular weight excluding hydrogens is 310 g/mol. The number of benzene rings is 1. The van der Waals surface area contributed by atoms with Gasteiger partial charge in [-0.1, -0.05) is 19.9 Å². The second kappa shape index (κ2) is 5.85. The van der Waals surface area contributed by atoms with Gasteiger partial charge >= 0.3 is 0 Å². The van der Waals surface area contributed by atoms with Crippen molar-refractivity contribution in [1.29, 1.82) is 0 Å². The Morgan fingerprint density at radius 1 is 1.33 bits per heavy atom. The monoisotopic (exact) mass is 329 g/mol. The van der Waals surface area contributed by atoms with Crippen LogP contribution in [0.5, 0.6) is 0 Å². The van der Waals surface area contributed by atoms with E-state index in [4.69, 9.17) is 0 Å². The highest BCUT2D eigenvalue weighted by Gasteiger charge is 2.23. The third kappa shape index (κ3) is 3.22. The molecule has 0 aromatic heterocycles. The highest BCUT2D eigenvalue weighted by Crippen LogP contribution is 2.34. The van der Waals surface area contributed by atoms with Crippen LogP contribution >= 0.6 is 27.7 Å². The fourth-order valence-electron chi connectivity index (χ4n) is 2.41. The maximum absolute atomic E-state index is 9.60. The van der Waals surface area contributed by atoms with Gasteiger partial charge in [-0.15, -0.1) is 0 Å². The van der Waals surface area contributed by atoms with Gasteiger partial charge in [-0.3, -0.25) is 0 Å². The molecule has 3 unspecified atom stereocenters. The summed E-state index contributed by atoms with van der Waals surface area (Å²) in [5, 5.41) is 10.9. The second-order valence-electron chi connectivity index (χ2n) is 5.05. The summed E-state index contributed by atoms with van der Waals surface area (Å²) in [6.07, 6.45) is -0.412. The van der Waals surface area contributed by atoms with Gasteiger partial charge < -0.3 is 10.0 Å². The van der Waals surface area contributed by atoms with Crippen LogP contribution < -0.4 is 4.90 Å². The van der Waals surface area contributed by atoms with Crippen molar-refractivity contribution in [2.24, 2.45) is 0 Å². The smallest absolute Gasteiger partial charge is 0.0762 e. The largest absolute Gasteiger partial charge is 0.389 e. The van der Waals surface area contributed by atoms with Gasteiger partial charge in [-0.05, 0) is 40.5 Å². The first-order valence-electron chi connectivity index (χ1n) is 6.35. The zero-order valence-corrected chi connectivity index (χ0v) is 13.5. The van der Waals surface area contributed by atoms with Crippen LogP contribution in [0.2, 0.25) is 0 Å².